The zero-order valence-corrected chi connectivity index (χ0v) is 12.4. The summed E-state index contributed by atoms with van der Waals surface area (Å²) >= 11 is 3.45. The molecular formula is C14H16BrN3O. The summed E-state index contributed by atoms with van der Waals surface area (Å²) in [5.74, 6) is -0.0453. The van der Waals surface area contributed by atoms with Crippen molar-refractivity contribution in [3.63, 3.8) is 0 Å². The van der Waals surface area contributed by atoms with Crippen LogP contribution in [0.1, 0.15) is 22.3 Å². The maximum atomic E-state index is 12.0. The van der Waals surface area contributed by atoms with Gasteiger partial charge in [-0.1, -0.05) is 12.1 Å². The van der Waals surface area contributed by atoms with E-state index < -0.39 is 0 Å². The lowest BCUT2D eigenvalue weighted by Crippen LogP contribution is -2.25. The summed E-state index contributed by atoms with van der Waals surface area (Å²) in [6.45, 7) is 3.42. The lowest BCUT2D eigenvalue weighted by atomic mass is 10.1. The number of hydrogen-bond donors (Lipinski definition) is 1. The summed E-state index contributed by atoms with van der Waals surface area (Å²) in [6.07, 6.45) is 4.53. The van der Waals surface area contributed by atoms with Gasteiger partial charge in [-0.05, 0) is 47.0 Å². The van der Waals surface area contributed by atoms with Crippen molar-refractivity contribution in [2.45, 2.75) is 19.9 Å². The van der Waals surface area contributed by atoms with Crippen molar-refractivity contribution in [3.05, 3.63) is 52.3 Å². The van der Waals surface area contributed by atoms with E-state index in [0.717, 1.165) is 23.0 Å². The first kappa shape index (κ1) is 13.8. The van der Waals surface area contributed by atoms with Gasteiger partial charge in [-0.15, -0.1) is 0 Å². The number of nitrogens with one attached hydrogen (secondary N) is 1. The van der Waals surface area contributed by atoms with Crippen LogP contribution in [0, 0.1) is 6.92 Å². The Bertz CT molecular complexity index is 552. The van der Waals surface area contributed by atoms with Crippen molar-refractivity contribution >= 4 is 21.8 Å². The normalized spacial score (nSPS) is 10.4. The summed E-state index contributed by atoms with van der Waals surface area (Å²) in [4.78, 5) is 12.0. The summed E-state index contributed by atoms with van der Waals surface area (Å²) in [5, 5.41) is 7.03. The lowest BCUT2D eigenvalue weighted by Gasteiger charge is -2.08. The van der Waals surface area contributed by atoms with Crippen LogP contribution in [0.25, 0.3) is 0 Å². The number of benzene rings is 1. The van der Waals surface area contributed by atoms with Gasteiger partial charge < -0.3 is 5.32 Å². The van der Waals surface area contributed by atoms with E-state index in [1.807, 2.05) is 42.1 Å². The molecule has 0 aliphatic carbocycles. The van der Waals surface area contributed by atoms with Gasteiger partial charge in [0.25, 0.3) is 5.91 Å². The zero-order valence-electron chi connectivity index (χ0n) is 10.8. The minimum atomic E-state index is -0.0453. The molecule has 4 nitrogen and oxygen atoms in total. The van der Waals surface area contributed by atoms with Gasteiger partial charge in [0.1, 0.15) is 0 Å². The average molecular weight is 322 g/mol. The fourth-order valence-corrected chi connectivity index (χ4v) is 2.24. The highest BCUT2D eigenvalue weighted by molar-refractivity contribution is 9.10. The molecule has 5 heteroatoms. The van der Waals surface area contributed by atoms with Crippen LogP contribution < -0.4 is 5.32 Å². The van der Waals surface area contributed by atoms with Crippen molar-refractivity contribution < 1.29 is 4.79 Å². The molecule has 0 spiro atoms. The highest BCUT2D eigenvalue weighted by Gasteiger charge is 2.10. The molecule has 0 saturated carbocycles. The van der Waals surface area contributed by atoms with Crippen LogP contribution in [0.15, 0.2) is 41.1 Å². The number of aryl methyl sites for hydroxylation is 2. The quantitative estimate of drug-likeness (QED) is 0.861. The first-order valence-corrected chi connectivity index (χ1v) is 6.98. The number of amides is 1. The maximum absolute atomic E-state index is 12.0. The molecule has 1 aromatic carbocycles. The van der Waals surface area contributed by atoms with Crippen LogP contribution in [0.5, 0.6) is 0 Å². The molecule has 2 rings (SSSR count). The molecule has 0 bridgehead atoms. The van der Waals surface area contributed by atoms with Gasteiger partial charge in [0, 0.05) is 30.0 Å². The average Bonchev–Trinajstić information content (AvgIpc) is 2.91. The standard InChI is InChI=1S/C14H16BrN3O/c1-11-5-2-6-12(13(11)15)14(19)16-7-3-9-18-10-4-8-17-18/h2,4-6,8,10H,3,7,9H2,1H3,(H,16,19). The molecule has 0 unspecified atom stereocenters. The number of aromatic nitrogens is 2. The largest absolute Gasteiger partial charge is 0.352 e. The van der Waals surface area contributed by atoms with E-state index in [9.17, 15) is 4.79 Å². The van der Waals surface area contributed by atoms with E-state index in [-0.39, 0.29) is 5.91 Å². The zero-order chi connectivity index (χ0) is 13.7. The molecule has 0 atom stereocenters. The molecule has 1 aromatic heterocycles. The van der Waals surface area contributed by atoms with Crippen molar-refractivity contribution in [2.24, 2.45) is 0 Å². The number of carbonyl (C=O) groups excluding carboxylic acids is 1. The monoisotopic (exact) mass is 321 g/mol. The van der Waals surface area contributed by atoms with E-state index >= 15 is 0 Å². The Hall–Kier alpha value is -1.62. The van der Waals surface area contributed by atoms with Crippen LogP contribution in [-0.4, -0.2) is 22.2 Å². The van der Waals surface area contributed by atoms with Gasteiger partial charge >= 0.3 is 0 Å². The third kappa shape index (κ3) is 3.67. The van der Waals surface area contributed by atoms with Crippen LogP contribution in [0.4, 0.5) is 0 Å². The minimum absolute atomic E-state index is 0.0453. The van der Waals surface area contributed by atoms with Crippen molar-refractivity contribution in [1.29, 1.82) is 0 Å². The number of nitrogens with zero attached hydrogens (tertiary/aromatic N) is 2. The molecule has 19 heavy (non-hydrogen) atoms. The Balaban J connectivity index is 1.83. The van der Waals surface area contributed by atoms with Crippen molar-refractivity contribution in [1.82, 2.24) is 15.1 Å². The Morgan fingerprint density at radius 2 is 2.26 bits per heavy atom. The minimum Gasteiger partial charge on any atom is -0.352 e. The fourth-order valence-electron chi connectivity index (χ4n) is 1.79. The Labute approximate surface area is 120 Å². The van der Waals surface area contributed by atoms with Crippen LogP contribution in [0.2, 0.25) is 0 Å². The molecule has 1 heterocycles. The summed E-state index contributed by atoms with van der Waals surface area (Å²) in [7, 11) is 0. The number of hydrogen-bond acceptors (Lipinski definition) is 2. The van der Waals surface area contributed by atoms with Gasteiger partial charge in [-0.25, -0.2) is 0 Å². The van der Waals surface area contributed by atoms with Gasteiger partial charge in [0.05, 0.1) is 5.56 Å². The van der Waals surface area contributed by atoms with E-state index in [1.54, 1.807) is 6.20 Å². The summed E-state index contributed by atoms with van der Waals surface area (Å²) in [5.41, 5.74) is 1.74. The molecule has 100 valence electrons. The molecule has 0 aliphatic heterocycles. The summed E-state index contributed by atoms with van der Waals surface area (Å²) < 4.78 is 2.72. The SMILES string of the molecule is Cc1cccc(C(=O)NCCCn2cccn2)c1Br. The molecule has 0 radical (unpaired) electrons. The van der Waals surface area contributed by atoms with Crippen LogP contribution in [-0.2, 0) is 6.54 Å². The van der Waals surface area contributed by atoms with E-state index in [4.69, 9.17) is 0 Å². The molecule has 1 N–H and O–H groups in total. The van der Waals surface area contributed by atoms with Crippen LogP contribution >= 0.6 is 15.9 Å². The molecule has 2 aromatic rings. The highest BCUT2D eigenvalue weighted by atomic mass is 79.9. The molecule has 0 aliphatic rings. The van der Waals surface area contributed by atoms with E-state index in [2.05, 4.69) is 26.3 Å². The lowest BCUT2D eigenvalue weighted by molar-refractivity contribution is 0.0951. The molecule has 0 fully saturated rings. The van der Waals surface area contributed by atoms with Gasteiger partial charge in [0.2, 0.25) is 0 Å². The fraction of sp³-hybridized carbons (Fsp3) is 0.286. The number of carbonyl (C=O) groups is 1. The van der Waals surface area contributed by atoms with Gasteiger partial charge in [-0.2, -0.15) is 5.10 Å². The van der Waals surface area contributed by atoms with Crippen LogP contribution in [0.3, 0.4) is 0 Å². The number of halogens is 1. The van der Waals surface area contributed by atoms with Crippen molar-refractivity contribution in [3.8, 4) is 0 Å². The van der Waals surface area contributed by atoms with E-state index in [1.165, 1.54) is 0 Å². The Morgan fingerprint density at radius 1 is 1.42 bits per heavy atom. The smallest absolute Gasteiger partial charge is 0.252 e. The highest BCUT2D eigenvalue weighted by Crippen LogP contribution is 2.20. The molecule has 0 saturated heterocycles. The topological polar surface area (TPSA) is 46.9 Å². The van der Waals surface area contributed by atoms with Crippen molar-refractivity contribution in [2.75, 3.05) is 6.54 Å². The second-order valence-corrected chi connectivity index (χ2v) is 5.11. The second-order valence-electron chi connectivity index (χ2n) is 4.32. The predicted octanol–water partition coefficient (Wildman–Crippen LogP) is 2.77. The first-order valence-electron chi connectivity index (χ1n) is 6.19. The third-order valence-electron chi connectivity index (χ3n) is 2.85. The van der Waals surface area contributed by atoms with Gasteiger partial charge in [-0.3, -0.25) is 9.48 Å². The number of rotatable bonds is 5. The van der Waals surface area contributed by atoms with E-state index in [0.29, 0.717) is 12.1 Å². The predicted molar refractivity (Wildman–Crippen MR) is 78.1 cm³/mol. The molecular weight excluding hydrogens is 306 g/mol. The van der Waals surface area contributed by atoms with Gasteiger partial charge in [0.15, 0.2) is 0 Å². The summed E-state index contributed by atoms with van der Waals surface area (Å²) in [6, 6.07) is 7.57. The Kier molecular flexibility index (Phi) is 4.74. The first-order chi connectivity index (χ1) is 9.18. The third-order valence-corrected chi connectivity index (χ3v) is 3.90. The second kappa shape index (κ2) is 6.52. The molecule has 1 amide bonds. The Morgan fingerprint density at radius 3 is 3.00 bits per heavy atom. The maximum Gasteiger partial charge on any atom is 0.252 e.